The second kappa shape index (κ2) is 6.83. The second-order valence-electron chi connectivity index (χ2n) is 5.76. The molecule has 0 aliphatic rings. The number of hydrogen-bond acceptors (Lipinski definition) is 1. The third kappa shape index (κ3) is 4.00. The number of nitrogens with one attached hydrogen (secondary N) is 1. The predicted octanol–water partition coefficient (Wildman–Crippen LogP) is 5.78. The summed E-state index contributed by atoms with van der Waals surface area (Å²) < 4.78 is 0. The Labute approximate surface area is 137 Å². The van der Waals surface area contributed by atoms with E-state index >= 15 is 0 Å². The lowest BCUT2D eigenvalue weighted by Crippen LogP contribution is -2.21. The quantitative estimate of drug-likeness (QED) is 0.753. The maximum Gasteiger partial charge on any atom is 0.0487 e. The monoisotopic (exact) mass is 321 g/mol. The number of halogens is 2. The maximum atomic E-state index is 6.41. The molecule has 2 rings (SSSR count). The first kappa shape index (κ1) is 16.4. The van der Waals surface area contributed by atoms with Crippen LogP contribution in [0.2, 0.25) is 10.0 Å². The van der Waals surface area contributed by atoms with Crippen LogP contribution in [0.5, 0.6) is 0 Å². The van der Waals surface area contributed by atoms with Crippen molar-refractivity contribution in [3.63, 3.8) is 0 Å². The van der Waals surface area contributed by atoms with Gasteiger partial charge in [0, 0.05) is 28.2 Å². The van der Waals surface area contributed by atoms with Gasteiger partial charge in [-0.3, -0.25) is 0 Å². The lowest BCUT2D eigenvalue weighted by Gasteiger charge is -2.13. The summed E-state index contributed by atoms with van der Waals surface area (Å²) in [5, 5.41) is 4.96. The highest BCUT2D eigenvalue weighted by Crippen LogP contribution is 2.32. The Morgan fingerprint density at radius 3 is 2.29 bits per heavy atom. The Hall–Kier alpha value is -1.02. The van der Waals surface area contributed by atoms with E-state index in [4.69, 9.17) is 23.2 Å². The predicted molar refractivity (Wildman–Crippen MR) is 93.3 cm³/mol. The number of rotatable bonds is 4. The lowest BCUT2D eigenvalue weighted by molar-refractivity contribution is 0.589. The van der Waals surface area contributed by atoms with Crippen LogP contribution >= 0.6 is 23.2 Å². The molecule has 21 heavy (non-hydrogen) atoms. The van der Waals surface area contributed by atoms with Crippen LogP contribution in [-0.2, 0) is 6.54 Å². The molecule has 0 radical (unpaired) electrons. The molecule has 0 unspecified atom stereocenters. The zero-order valence-electron chi connectivity index (χ0n) is 12.9. The van der Waals surface area contributed by atoms with Crippen LogP contribution in [0, 0.1) is 13.8 Å². The fraction of sp³-hybridized carbons (Fsp3) is 0.333. The Balaban J connectivity index is 2.41. The van der Waals surface area contributed by atoms with E-state index in [-0.39, 0.29) is 0 Å². The van der Waals surface area contributed by atoms with Gasteiger partial charge in [-0.2, -0.15) is 0 Å². The molecule has 0 amide bonds. The minimum Gasteiger partial charge on any atom is -0.310 e. The van der Waals surface area contributed by atoms with Crippen LogP contribution in [-0.4, -0.2) is 6.04 Å². The van der Waals surface area contributed by atoms with Crippen LogP contribution < -0.4 is 5.32 Å². The first-order valence-electron chi connectivity index (χ1n) is 7.17. The molecule has 0 saturated carbocycles. The fourth-order valence-electron chi connectivity index (χ4n) is 2.19. The van der Waals surface area contributed by atoms with Crippen LogP contribution in [0.3, 0.4) is 0 Å². The van der Waals surface area contributed by atoms with Crippen LogP contribution in [0.25, 0.3) is 11.1 Å². The summed E-state index contributed by atoms with van der Waals surface area (Å²) in [4.78, 5) is 0. The number of benzene rings is 2. The molecule has 0 fully saturated rings. The van der Waals surface area contributed by atoms with E-state index < -0.39 is 0 Å². The molecule has 0 atom stereocenters. The van der Waals surface area contributed by atoms with Gasteiger partial charge in [-0.15, -0.1) is 0 Å². The summed E-state index contributed by atoms with van der Waals surface area (Å²) in [7, 11) is 0. The van der Waals surface area contributed by atoms with Crippen LogP contribution in [0.4, 0.5) is 0 Å². The molecule has 2 aromatic rings. The molecule has 0 aliphatic heterocycles. The van der Waals surface area contributed by atoms with E-state index in [1.165, 1.54) is 11.1 Å². The van der Waals surface area contributed by atoms with Crippen molar-refractivity contribution in [1.29, 1.82) is 0 Å². The Morgan fingerprint density at radius 1 is 0.952 bits per heavy atom. The second-order valence-corrected chi connectivity index (χ2v) is 6.57. The fourth-order valence-corrected chi connectivity index (χ4v) is 2.71. The van der Waals surface area contributed by atoms with Gasteiger partial charge in [-0.1, -0.05) is 43.1 Å². The number of aryl methyl sites for hydroxylation is 2. The van der Waals surface area contributed by atoms with E-state index in [1.54, 1.807) is 0 Å². The average Bonchev–Trinajstić information content (AvgIpc) is 2.42. The van der Waals surface area contributed by atoms with Crippen LogP contribution in [0.15, 0.2) is 30.3 Å². The Bertz CT molecular complexity index is 648. The van der Waals surface area contributed by atoms with Crippen molar-refractivity contribution in [3.05, 3.63) is 57.1 Å². The van der Waals surface area contributed by atoms with Gasteiger partial charge in [0.1, 0.15) is 0 Å². The van der Waals surface area contributed by atoms with Gasteiger partial charge in [0.2, 0.25) is 0 Å². The van der Waals surface area contributed by atoms with Crippen molar-refractivity contribution in [2.24, 2.45) is 0 Å². The summed E-state index contributed by atoms with van der Waals surface area (Å²) in [5.41, 5.74) is 5.71. The standard InChI is InChI=1S/C18H21Cl2N/c1-11(2)21-10-15-9-14(5-6-17(15)19)16-7-12(3)13(4)8-18(16)20/h5-9,11,21H,10H2,1-4H3. The minimum absolute atomic E-state index is 0.426. The normalized spacial score (nSPS) is 11.2. The van der Waals surface area contributed by atoms with Gasteiger partial charge in [0.25, 0.3) is 0 Å². The summed E-state index contributed by atoms with van der Waals surface area (Å²) >= 11 is 12.7. The summed E-state index contributed by atoms with van der Waals surface area (Å²) in [5.74, 6) is 0. The summed E-state index contributed by atoms with van der Waals surface area (Å²) in [6, 6.07) is 10.7. The third-order valence-electron chi connectivity index (χ3n) is 3.64. The number of hydrogen-bond donors (Lipinski definition) is 1. The summed E-state index contributed by atoms with van der Waals surface area (Å²) in [6.07, 6.45) is 0. The SMILES string of the molecule is Cc1cc(Cl)c(-c2ccc(Cl)c(CNC(C)C)c2)cc1C. The lowest BCUT2D eigenvalue weighted by atomic mass is 9.99. The maximum absolute atomic E-state index is 6.41. The van der Waals surface area contributed by atoms with E-state index in [2.05, 4.69) is 45.1 Å². The Morgan fingerprint density at radius 2 is 1.62 bits per heavy atom. The minimum atomic E-state index is 0.426. The van der Waals surface area contributed by atoms with Crippen molar-refractivity contribution < 1.29 is 0 Å². The first-order chi connectivity index (χ1) is 9.88. The molecule has 0 aliphatic carbocycles. The van der Waals surface area contributed by atoms with Gasteiger partial charge in [0.15, 0.2) is 0 Å². The molecule has 0 saturated heterocycles. The topological polar surface area (TPSA) is 12.0 Å². The third-order valence-corrected chi connectivity index (χ3v) is 4.32. The van der Waals surface area contributed by atoms with Crippen molar-refractivity contribution in [2.45, 2.75) is 40.3 Å². The molecule has 112 valence electrons. The average molecular weight is 322 g/mol. The van der Waals surface area contributed by atoms with E-state index in [0.29, 0.717) is 6.04 Å². The van der Waals surface area contributed by atoms with Gasteiger partial charge in [-0.25, -0.2) is 0 Å². The van der Waals surface area contributed by atoms with Crippen molar-refractivity contribution in [1.82, 2.24) is 5.32 Å². The van der Waals surface area contributed by atoms with Crippen molar-refractivity contribution in [3.8, 4) is 11.1 Å². The van der Waals surface area contributed by atoms with Gasteiger partial charge < -0.3 is 5.32 Å². The molecular formula is C18H21Cl2N. The van der Waals surface area contributed by atoms with E-state index in [1.807, 2.05) is 18.2 Å². The Kier molecular flexibility index (Phi) is 5.32. The molecule has 1 nitrogen and oxygen atoms in total. The highest BCUT2D eigenvalue weighted by atomic mass is 35.5. The molecular weight excluding hydrogens is 301 g/mol. The molecule has 2 aromatic carbocycles. The first-order valence-corrected chi connectivity index (χ1v) is 7.93. The van der Waals surface area contributed by atoms with Gasteiger partial charge in [0.05, 0.1) is 0 Å². The van der Waals surface area contributed by atoms with E-state index in [9.17, 15) is 0 Å². The van der Waals surface area contributed by atoms with Gasteiger partial charge in [-0.05, 0) is 60.4 Å². The van der Waals surface area contributed by atoms with E-state index in [0.717, 1.165) is 33.3 Å². The van der Waals surface area contributed by atoms with Crippen molar-refractivity contribution >= 4 is 23.2 Å². The largest absolute Gasteiger partial charge is 0.310 e. The highest BCUT2D eigenvalue weighted by Gasteiger charge is 2.09. The summed E-state index contributed by atoms with van der Waals surface area (Å²) in [6.45, 7) is 9.18. The molecule has 0 spiro atoms. The molecule has 0 heterocycles. The zero-order valence-corrected chi connectivity index (χ0v) is 14.4. The molecule has 1 N–H and O–H groups in total. The van der Waals surface area contributed by atoms with Crippen molar-refractivity contribution in [2.75, 3.05) is 0 Å². The van der Waals surface area contributed by atoms with Crippen LogP contribution in [0.1, 0.15) is 30.5 Å². The highest BCUT2D eigenvalue weighted by molar-refractivity contribution is 6.33. The zero-order chi connectivity index (χ0) is 15.6. The molecule has 0 aromatic heterocycles. The smallest absolute Gasteiger partial charge is 0.0487 e. The van der Waals surface area contributed by atoms with Gasteiger partial charge >= 0.3 is 0 Å². The molecule has 0 bridgehead atoms. The molecule has 3 heteroatoms.